The first kappa shape index (κ1) is 15.5. The van der Waals surface area contributed by atoms with Crippen LogP contribution in [0.15, 0.2) is 22.7 Å². The van der Waals surface area contributed by atoms with Gasteiger partial charge in [0.05, 0.1) is 0 Å². The van der Waals surface area contributed by atoms with Gasteiger partial charge in [-0.2, -0.15) is 0 Å². The zero-order chi connectivity index (χ0) is 14.5. The van der Waals surface area contributed by atoms with Crippen molar-refractivity contribution in [1.82, 2.24) is 10.2 Å². The summed E-state index contributed by atoms with van der Waals surface area (Å²) >= 11 is 3.50. The van der Waals surface area contributed by atoms with Crippen LogP contribution in [0.4, 0.5) is 0 Å². The molecule has 2 rings (SSSR count). The molecule has 1 amide bonds. The number of amides is 1. The fourth-order valence-corrected chi connectivity index (χ4v) is 2.98. The molecule has 0 aromatic heterocycles. The lowest BCUT2D eigenvalue weighted by Gasteiger charge is -2.32. The number of piperidine rings is 1. The minimum atomic E-state index is 0.160. The third-order valence-electron chi connectivity index (χ3n) is 4.00. The van der Waals surface area contributed by atoms with Crippen molar-refractivity contribution in [2.24, 2.45) is 5.92 Å². The average Bonchev–Trinajstić information content (AvgIpc) is 2.48. The van der Waals surface area contributed by atoms with E-state index >= 15 is 0 Å². The number of hydrogen-bond acceptors (Lipinski definition) is 2. The number of benzene rings is 1. The first-order valence-corrected chi connectivity index (χ1v) is 8.17. The van der Waals surface area contributed by atoms with Gasteiger partial charge in [0.25, 0.3) is 5.91 Å². The summed E-state index contributed by atoms with van der Waals surface area (Å²) in [7, 11) is 0. The molecule has 1 saturated heterocycles. The highest BCUT2D eigenvalue weighted by Gasteiger charge is 2.23. The lowest BCUT2D eigenvalue weighted by molar-refractivity contribution is 0.0690. The molecule has 4 heteroatoms. The predicted octanol–water partition coefficient (Wildman–Crippen LogP) is 3.22. The van der Waals surface area contributed by atoms with E-state index in [1.807, 2.05) is 30.0 Å². The number of aryl methyl sites for hydroxylation is 1. The van der Waals surface area contributed by atoms with Gasteiger partial charge >= 0.3 is 0 Å². The Labute approximate surface area is 129 Å². The molecule has 1 heterocycles. The fraction of sp³-hybridized carbons (Fsp3) is 0.562. The highest BCUT2D eigenvalue weighted by Crippen LogP contribution is 2.21. The standard InChI is InChI=1S/C16H23BrN2O/c1-3-18-11-13-6-8-19(9-7-13)16(20)14-5-4-12(2)15(17)10-14/h4-5,10,13,18H,3,6-9,11H2,1-2H3. The van der Waals surface area contributed by atoms with E-state index in [0.717, 1.165) is 54.6 Å². The number of nitrogens with zero attached hydrogens (tertiary/aromatic N) is 1. The monoisotopic (exact) mass is 338 g/mol. The summed E-state index contributed by atoms with van der Waals surface area (Å²) in [5, 5.41) is 3.40. The molecule has 1 aromatic carbocycles. The van der Waals surface area contributed by atoms with Crippen molar-refractivity contribution >= 4 is 21.8 Å². The van der Waals surface area contributed by atoms with Gasteiger partial charge in [0.1, 0.15) is 0 Å². The topological polar surface area (TPSA) is 32.3 Å². The van der Waals surface area contributed by atoms with E-state index in [2.05, 4.69) is 28.2 Å². The van der Waals surface area contributed by atoms with Crippen LogP contribution in [0.2, 0.25) is 0 Å². The number of nitrogens with one attached hydrogen (secondary N) is 1. The lowest BCUT2D eigenvalue weighted by Crippen LogP contribution is -2.40. The van der Waals surface area contributed by atoms with Gasteiger partial charge in [-0.3, -0.25) is 4.79 Å². The molecule has 1 fully saturated rings. The third kappa shape index (κ3) is 3.83. The SMILES string of the molecule is CCNCC1CCN(C(=O)c2ccc(C)c(Br)c2)CC1. The van der Waals surface area contributed by atoms with Crippen molar-refractivity contribution in [3.63, 3.8) is 0 Å². The largest absolute Gasteiger partial charge is 0.339 e. The van der Waals surface area contributed by atoms with E-state index in [9.17, 15) is 4.79 Å². The van der Waals surface area contributed by atoms with Crippen molar-refractivity contribution in [3.05, 3.63) is 33.8 Å². The predicted molar refractivity (Wildman–Crippen MR) is 86.1 cm³/mol. The molecule has 1 N–H and O–H groups in total. The summed E-state index contributed by atoms with van der Waals surface area (Å²) < 4.78 is 1.00. The number of carbonyl (C=O) groups is 1. The van der Waals surface area contributed by atoms with Crippen LogP contribution < -0.4 is 5.32 Å². The molecule has 0 saturated carbocycles. The summed E-state index contributed by atoms with van der Waals surface area (Å²) in [6.07, 6.45) is 2.21. The number of carbonyl (C=O) groups excluding carboxylic acids is 1. The van der Waals surface area contributed by atoms with Crippen LogP contribution in [-0.4, -0.2) is 37.0 Å². The number of likely N-dealkylation sites (tertiary alicyclic amines) is 1. The summed E-state index contributed by atoms with van der Waals surface area (Å²) in [6, 6.07) is 5.85. The van der Waals surface area contributed by atoms with Crippen LogP contribution in [0.1, 0.15) is 35.7 Å². The Hall–Kier alpha value is -0.870. The quantitative estimate of drug-likeness (QED) is 0.914. The zero-order valence-corrected chi connectivity index (χ0v) is 13.9. The molecule has 0 atom stereocenters. The Morgan fingerprint density at radius 3 is 2.70 bits per heavy atom. The number of hydrogen-bond donors (Lipinski definition) is 1. The van der Waals surface area contributed by atoms with E-state index < -0.39 is 0 Å². The van der Waals surface area contributed by atoms with Crippen molar-refractivity contribution in [2.45, 2.75) is 26.7 Å². The molecule has 1 aromatic rings. The third-order valence-corrected chi connectivity index (χ3v) is 4.86. The Morgan fingerprint density at radius 2 is 2.10 bits per heavy atom. The first-order valence-electron chi connectivity index (χ1n) is 7.38. The maximum atomic E-state index is 12.5. The van der Waals surface area contributed by atoms with Crippen LogP contribution in [0, 0.1) is 12.8 Å². The molecule has 3 nitrogen and oxygen atoms in total. The van der Waals surface area contributed by atoms with Crippen molar-refractivity contribution < 1.29 is 4.79 Å². The van der Waals surface area contributed by atoms with Gasteiger partial charge < -0.3 is 10.2 Å². The van der Waals surface area contributed by atoms with E-state index in [-0.39, 0.29) is 5.91 Å². The van der Waals surface area contributed by atoms with Gasteiger partial charge in [-0.25, -0.2) is 0 Å². The lowest BCUT2D eigenvalue weighted by atomic mass is 9.96. The minimum absolute atomic E-state index is 0.160. The van der Waals surface area contributed by atoms with Gasteiger partial charge in [-0.05, 0) is 56.5 Å². The fourth-order valence-electron chi connectivity index (χ4n) is 2.60. The Balaban J connectivity index is 1.92. The average molecular weight is 339 g/mol. The van der Waals surface area contributed by atoms with Gasteiger partial charge in [0.15, 0.2) is 0 Å². The molecular weight excluding hydrogens is 316 g/mol. The van der Waals surface area contributed by atoms with Crippen LogP contribution in [0.25, 0.3) is 0 Å². The van der Waals surface area contributed by atoms with Crippen molar-refractivity contribution in [1.29, 1.82) is 0 Å². The van der Waals surface area contributed by atoms with E-state index in [1.165, 1.54) is 0 Å². The molecular formula is C16H23BrN2O. The second-order valence-electron chi connectivity index (χ2n) is 5.51. The summed E-state index contributed by atoms with van der Waals surface area (Å²) in [5.41, 5.74) is 1.94. The maximum absolute atomic E-state index is 12.5. The van der Waals surface area contributed by atoms with Gasteiger partial charge in [0.2, 0.25) is 0 Å². The maximum Gasteiger partial charge on any atom is 0.253 e. The molecule has 0 aliphatic carbocycles. The highest BCUT2D eigenvalue weighted by molar-refractivity contribution is 9.10. The van der Waals surface area contributed by atoms with E-state index in [1.54, 1.807) is 0 Å². The molecule has 1 aliphatic rings. The Bertz CT molecular complexity index is 468. The molecule has 0 unspecified atom stereocenters. The van der Waals surface area contributed by atoms with Gasteiger partial charge in [0, 0.05) is 23.1 Å². The molecule has 0 spiro atoms. The zero-order valence-electron chi connectivity index (χ0n) is 12.3. The normalized spacial score (nSPS) is 16.4. The van der Waals surface area contributed by atoms with Crippen molar-refractivity contribution in [2.75, 3.05) is 26.2 Å². The second-order valence-corrected chi connectivity index (χ2v) is 6.36. The van der Waals surface area contributed by atoms with E-state index in [0.29, 0.717) is 5.92 Å². The van der Waals surface area contributed by atoms with E-state index in [4.69, 9.17) is 0 Å². The second kappa shape index (κ2) is 7.23. The first-order chi connectivity index (χ1) is 9.61. The van der Waals surface area contributed by atoms with Crippen LogP contribution >= 0.6 is 15.9 Å². The minimum Gasteiger partial charge on any atom is -0.339 e. The number of rotatable bonds is 4. The highest BCUT2D eigenvalue weighted by atomic mass is 79.9. The Kier molecular flexibility index (Phi) is 5.61. The summed E-state index contributed by atoms with van der Waals surface area (Å²) in [5.74, 6) is 0.872. The smallest absolute Gasteiger partial charge is 0.253 e. The van der Waals surface area contributed by atoms with Crippen molar-refractivity contribution in [3.8, 4) is 0 Å². The molecule has 0 bridgehead atoms. The van der Waals surface area contributed by atoms with Crippen LogP contribution in [0.5, 0.6) is 0 Å². The van der Waals surface area contributed by atoms with Crippen LogP contribution in [-0.2, 0) is 0 Å². The summed E-state index contributed by atoms with van der Waals surface area (Å²) in [4.78, 5) is 14.5. The Morgan fingerprint density at radius 1 is 1.40 bits per heavy atom. The number of halogens is 1. The van der Waals surface area contributed by atoms with Gasteiger partial charge in [-0.15, -0.1) is 0 Å². The van der Waals surface area contributed by atoms with Crippen LogP contribution in [0.3, 0.4) is 0 Å². The summed E-state index contributed by atoms with van der Waals surface area (Å²) in [6.45, 7) is 8.02. The molecule has 1 aliphatic heterocycles. The molecule has 110 valence electrons. The molecule has 0 radical (unpaired) electrons. The molecule has 20 heavy (non-hydrogen) atoms. The van der Waals surface area contributed by atoms with Gasteiger partial charge in [-0.1, -0.05) is 28.9 Å².